The van der Waals surface area contributed by atoms with Gasteiger partial charge >= 0.3 is 0 Å². The SMILES string of the molecule is NCC1(CN2CC3CCCC3C2)CCCC1. The molecule has 3 rings (SSSR count). The van der Waals surface area contributed by atoms with Crippen molar-refractivity contribution in [3.63, 3.8) is 0 Å². The van der Waals surface area contributed by atoms with Crippen molar-refractivity contribution in [2.75, 3.05) is 26.2 Å². The molecule has 0 aromatic carbocycles. The minimum Gasteiger partial charge on any atom is -0.330 e. The fraction of sp³-hybridized carbons (Fsp3) is 1.00. The molecule has 1 aliphatic heterocycles. The molecule has 3 fully saturated rings. The van der Waals surface area contributed by atoms with E-state index in [4.69, 9.17) is 5.73 Å². The number of nitrogens with zero attached hydrogens (tertiary/aromatic N) is 1. The summed E-state index contributed by atoms with van der Waals surface area (Å²) in [5.41, 5.74) is 6.53. The monoisotopic (exact) mass is 222 g/mol. The van der Waals surface area contributed by atoms with Crippen LogP contribution in [-0.4, -0.2) is 31.1 Å². The van der Waals surface area contributed by atoms with Crippen LogP contribution in [0.15, 0.2) is 0 Å². The first-order chi connectivity index (χ1) is 7.81. The highest BCUT2D eigenvalue weighted by molar-refractivity contribution is 4.94. The Bertz CT molecular complexity index is 233. The van der Waals surface area contributed by atoms with Gasteiger partial charge in [0.1, 0.15) is 0 Å². The molecule has 16 heavy (non-hydrogen) atoms. The first kappa shape index (κ1) is 11.0. The first-order valence-corrected chi connectivity index (χ1v) is 7.24. The van der Waals surface area contributed by atoms with Crippen LogP contribution in [0, 0.1) is 17.3 Å². The third-order valence-corrected chi connectivity index (χ3v) is 5.46. The quantitative estimate of drug-likeness (QED) is 0.793. The van der Waals surface area contributed by atoms with Crippen molar-refractivity contribution in [1.29, 1.82) is 0 Å². The molecule has 0 bridgehead atoms. The Labute approximate surface area is 99.6 Å². The van der Waals surface area contributed by atoms with E-state index in [-0.39, 0.29) is 0 Å². The van der Waals surface area contributed by atoms with Gasteiger partial charge in [0, 0.05) is 19.6 Å². The van der Waals surface area contributed by atoms with Crippen molar-refractivity contribution in [1.82, 2.24) is 4.90 Å². The third kappa shape index (κ3) is 1.91. The van der Waals surface area contributed by atoms with Gasteiger partial charge in [0.05, 0.1) is 0 Å². The molecule has 2 saturated carbocycles. The first-order valence-electron chi connectivity index (χ1n) is 7.24. The molecule has 2 atom stereocenters. The summed E-state index contributed by atoms with van der Waals surface area (Å²) in [5, 5.41) is 0. The van der Waals surface area contributed by atoms with Gasteiger partial charge in [-0.1, -0.05) is 19.3 Å². The molecule has 0 amide bonds. The minimum atomic E-state index is 0.499. The Kier molecular flexibility index (Phi) is 2.97. The van der Waals surface area contributed by atoms with Crippen LogP contribution in [-0.2, 0) is 0 Å². The zero-order chi connectivity index (χ0) is 11.0. The summed E-state index contributed by atoms with van der Waals surface area (Å²) in [6.07, 6.45) is 10.1. The molecule has 0 aromatic heterocycles. The van der Waals surface area contributed by atoms with Crippen LogP contribution >= 0.6 is 0 Å². The third-order valence-electron chi connectivity index (χ3n) is 5.46. The van der Waals surface area contributed by atoms with Gasteiger partial charge in [-0.25, -0.2) is 0 Å². The standard InChI is InChI=1S/C14H26N2/c15-10-14(6-1-2-7-14)11-16-8-12-4-3-5-13(12)9-16/h12-13H,1-11,15H2. The summed E-state index contributed by atoms with van der Waals surface area (Å²) in [4.78, 5) is 2.74. The lowest BCUT2D eigenvalue weighted by atomic mass is 9.86. The highest BCUT2D eigenvalue weighted by atomic mass is 15.2. The Morgan fingerprint density at radius 1 is 1.00 bits per heavy atom. The Morgan fingerprint density at radius 3 is 2.19 bits per heavy atom. The molecule has 92 valence electrons. The summed E-state index contributed by atoms with van der Waals surface area (Å²) in [6, 6.07) is 0. The maximum absolute atomic E-state index is 6.04. The van der Waals surface area contributed by atoms with Crippen molar-refractivity contribution in [2.45, 2.75) is 44.9 Å². The van der Waals surface area contributed by atoms with Gasteiger partial charge in [-0.2, -0.15) is 0 Å². The van der Waals surface area contributed by atoms with E-state index in [0.717, 1.165) is 18.4 Å². The highest BCUT2D eigenvalue weighted by Crippen LogP contribution is 2.42. The number of nitrogens with two attached hydrogens (primary N) is 1. The molecule has 2 unspecified atom stereocenters. The second-order valence-electron chi connectivity index (χ2n) is 6.56. The fourth-order valence-electron chi connectivity index (χ4n) is 4.49. The molecule has 0 radical (unpaired) electrons. The molecule has 2 N–H and O–H groups in total. The van der Waals surface area contributed by atoms with E-state index < -0.39 is 0 Å². The van der Waals surface area contributed by atoms with Crippen molar-refractivity contribution in [3.05, 3.63) is 0 Å². The lowest BCUT2D eigenvalue weighted by Crippen LogP contribution is -2.40. The molecule has 2 aliphatic carbocycles. The van der Waals surface area contributed by atoms with Gasteiger partial charge in [-0.15, -0.1) is 0 Å². The van der Waals surface area contributed by atoms with Crippen molar-refractivity contribution >= 4 is 0 Å². The average molecular weight is 222 g/mol. The largest absolute Gasteiger partial charge is 0.330 e. The van der Waals surface area contributed by atoms with Crippen molar-refractivity contribution in [2.24, 2.45) is 23.0 Å². The van der Waals surface area contributed by atoms with E-state index in [1.807, 2.05) is 0 Å². The van der Waals surface area contributed by atoms with Gasteiger partial charge < -0.3 is 10.6 Å². The molecule has 1 heterocycles. The second kappa shape index (κ2) is 4.30. The van der Waals surface area contributed by atoms with Crippen LogP contribution in [0.5, 0.6) is 0 Å². The number of hydrogen-bond acceptors (Lipinski definition) is 2. The molecule has 3 aliphatic rings. The van der Waals surface area contributed by atoms with E-state index >= 15 is 0 Å². The number of hydrogen-bond donors (Lipinski definition) is 1. The topological polar surface area (TPSA) is 29.3 Å². The second-order valence-corrected chi connectivity index (χ2v) is 6.56. The van der Waals surface area contributed by atoms with E-state index in [0.29, 0.717) is 5.41 Å². The van der Waals surface area contributed by atoms with Crippen molar-refractivity contribution < 1.29 is 0 Å². The van der Waals surface area contributed by atoms with Gasteiger partial charge in [0.2, 0.25) is 0 Å². The van der Waals surface area contributed by atoms with E-state index in [2.05, 4.69) is 4.90 Å². The van der Waals surface area contributed by atoms with Gasteiger partial charge in [0.25, 0.3) is 0 Å². The molecular weight excluding hydrogens is 196 g/mol. The predicted octanol–water partition coefficient (Wildman–Crippen LogP) is 2.24. The summed E-state index contributed by atoms with van der Waals surface area (Å²) >= 11 is 0. The van der Waals surface area contributed by atoms with E-state index in [9.17, 15) is 0 Å². The molecule has 2 heteroatoms. The fourth-order valence-corrected chi connectivity index (χ4v) is 4.49. The lowest BCUT2D eigenvalue weighted by Gasteiger charge is -2.32. The van der Waals surface area contributed by atoms with Crippen LogP contribution in [0.25, 0.3) is 0 Å². The van der Waals surface area contributed by atoms with Gasteiger partial charge in [-0.3, -0.25) is 0 Å². The van der Waals surface area contributed by atoms with Crippen LogP contribution in [0.3, 0.4) is 0 Å². The van der Waals surface area contributed by atoms with Gasteiger partial charge in [0.15, 0.2) is 0 Å². The molecule has 0 aromatic rings. The number of fused-ring (bicyclic) bond motifs is 1. The normalized spacial score (nSPS) is 38.1. The summed E-state index contributed by atoms with van der Waals surface area (Å²) in [6.45, 7) is 4.98. The smallest absolute Gasteiger partial charge is 0.00503 e. The molecule has 1 saturated heterocycles. The minimum absolute atomic E-state index is 0.499. The molecular formula is C14H26N2. The number of likely N-dealkylation sites (tertiary alicyclic amines) is 1. The predicted molar refractivity (Wildman–Crippen MR) is 67.2 cm³/mol. The Morgan fingerprint density at radius 2 is 1.62 bits per heavy atom. The molecule has 0 spiro atoms. The maximum atomic E-state index is 6.04. The van der Waals surface area contributed by atoms with Crippen LogP contribution in [0.1, 0.15) is 44.9 Å². The average Bonchev–Trinajstić information content (AvgIpc) is 2.93. The van der Waals surface area contributed by atoms with E-state index in [1.165, 1.54) is 64.6 Å². The zero-order valence-corrected chi connectivity index (χ0v) is 10.5. The van der Waals surface area contributed by atoms with Crippen LogP contribution in [0.4, 0.5) is 0 Å². The summed E-state index contributed by atoms with van der Waals surface area (Å²) in [7, 11) is 0. The van der Waals surface area contributed by atoms with Gasteiger partial charge in [-0.05, 0) is 49.5 Å². The maximum Gasteiger partial charge on any atom is 0.00503 e. The Hall–Kier alpha value is -0.0800. The highest BCUT2D eigenvalue weighted by Gasteiger charge is 2.40. The van der Waals surface area contributed by atoms with Crippen LogP contribution in [0.2, 0.25) is 0 Å². The lowest BCUT2D eigenvalue weighted by molar-refractivity contribution is 0.174. The van der Waals surface area contributed by atoms with E-state index in [1.54, 1.807) is 0 Å². The Balaban J connectivity index is 1.59. The zero-order valence-electron chi connectivity index (χ0n) is 10.5. The number of rotatable bonds is 3. The molecule has 2 nitrogen and oxygen atoms in total. The summed E-state index contributed by atoms with van der Waals surface area (Å²) in [5.74, 6) is 2.08. The van der Waals surface area contributed by atoms with Crippen LogP contribution < -0.4 is 5.73 Å². The van der Waals surface area contributed by atoms with Crippen molar-refractivity contribution in [3.8, 4) is 0 Å². The summed E-state index contributed by atoms with van der Waals surface area (Å²) < 4.78 is 0.